The highest BCUT2D eigenvalue weighted by atomic mass is 32.2. The molecule has 1 aliphatic heterocycles. The first-order valence-electron chi connectivity index (χ1n) is 9.34. The average Bonchev–Trinajstić information content (AvgIpc) is 3.30. The first-order valence-corrected chi connectivity index (χ1v) is 11.2. The van der Waals surface area contributed by atoms with E-state index < -0.39 is 0 Å². The highest BCUT2D eigenvalue weighted by Gasteiger charge is 2.20. The highest BCUT2D eigenvalue weighted by molar-refractivity contribution is 7.99. The van der Waals surface area contributed by atoms with E-state index in [1.165, 1.54) is 30.3 Å². The summed E-state index contributed by atoms with van der Waals surface area (Å²) in [6.07, 6.45) is 4.41. The summed E-state index contributed by atoms with van der Waals surface area (Å²) >= 11 is 2.98. The van der Waals surface area contributed by atoms with Gasteiger partial charge in [0.2, 0.25) is 5.91 Å². The zero-order chi connectivity index (χ0) is 19.3. The SMILES string of the molecule is O=C(CSc1nnc2n1CCCCC2)NC(c1ccc(F)cc1)c1cccs1. The van der Waals surface area contributed by atoms with Gasteiger partial charge in [-0.3, -0.25) is 4.79 Å². The molecule has 1 amide bonds. The minimum absolute atomic E-state index is 0.0845. The van der Waals surface area contributed by atoms with Crippen molar-refractivity contribution in [1.82, 2.24) is 20.1 Å². The van der Waals surface area contributed by atoms with Crippen LogP contribution in [0.25, 0.3) is 0 Å². The molecular formula is C20H21FN4OS2. The van der Waals surface area contributed by atoms with E-state index in [9.17, 15) is 9.18 Å². The van der Waals surface area contributed by atoms with E-state index in [0.29, 0.717) is 0 Å². The lowest BCUT2D eigenvalue weighted by molar-refractivity contribution is -0.119. The molecular weight excluding hydrogens is 395 g/mol. The number of hydrogen-bond donors (Lipinski definition) is 1. The Hall–Kier alpha value is -2.19. The number of aromatic nitrogens is 3. The number of aryl methyl sites for hydroxylation is 1. The molecule has 1 aromatic carbocycles. The Morgan fingerprint density at radius 1 is 1.21 bits per heavy atom. The Labute approximate surface area is 171 Å². The number of fused-ring (bicyclic) bond motifs is 1. The van der Waals surface area contributed by atoms with Crippen LogP contribution in [-0.2, 0) is 17.8 Å². The fourth-order valence-corrected chi connectivity index (χ4v) is 4.92. The Kier molecular flexibility index (Phi) is 6.07. The van der Waals surface area contributed by atoms with Gasteiger partial charge in [0.05, 0.1) is 11.8 Å². The first-order chi connectivity index (χ1) is 13.7. The Morgan fingerprint density at radius 3 is 2.86 bits per heavy atom. The third-order valence-corrected chi connectivity index (χ3v) is 6.65. The molecule has 0 saturated heterocycles. The van der Waals surface area contributed by atoms with E-state index in [0.717, 1.165) is 47.2 Å². The molecule has 1 atom stereocenters. The summed E-state index contributed by atoms with van der Waals surface area (Å²) in [6, 6.07) is 9.90. The molecule has 4 rings (SSSR count). The van der Waals surface area contributed by atoms with E-state index >= 15 is 0 Å². The van der Waals surface area contributed by atoms with Crippen LogP contribution < -0.4 is 5.32 Å². The van der Waals surface area contributed by atoms with Gasteiger partial charge < -0.3 is 9.88 Å². The van der Waals surface area contributed by atoms with Gasteiger partial charge in [-0.2, -0.15) is 0 Å². The van der Waals surface area contributed by atoms with Gasteiger partial charge in [0.25, 0.3) is 0 Å². The zero-order valence-electron chi connectivity index (χ0n) is 15.3. The largest absolute Gasteiger partial charge is 0.344 e. The van der Waals surface area contributed by atoms with E-state index in [4.69, 9.17) is 0 Å². The lowest BCUT2D eigenvalue weighted by atomic mass is 10.1. The molecule has 0 radical (unpaired) electrons. The number of carbonyl (C=O) groups is 1. The molecule has 3 aromatic rings. The maximum Gasteiger partial charge on any atom is 0.231 e. The number of thiophene rings is 1. The maximum atomic E-state index is 13.3. The summed E-state index contributed by atoms with van der Waals surface area (Å²) in [7, 11) is 0. The van der Waals surface area contributed by atoms with Crippen molar-refractivity contribution in [3.05, 3.63) is 63.9 Å². The van der Waals surface area contributed by atoms with Crippen molar-refractivity contribution >= 4 is 29.0 Å². The molecule has 1 N–H and O–H groups in total. The smallest absolute Gasteiger partial charge is 0.231 e. The zero-order valence-corrected chi connectivity index (χ0v) is 16.9. The van der Waals surface area contributed by atoms with Crippen LogP contribution in [0.4, 0.5) is 4.39 Å². The minimum Gasteiger partial charge on any atom is -0.344 e. The summed E-state index contributed by atoms with van der Waals surface area (Å²) in [5.41, 5.74) is 0.860. The van der Waals surface area contributed by atoms with Crippen molar-refractivity contribution in [1.29, 1.82) is 0 Å². The standard InChI is InChI=1S/C20H21FN4OS2/c21-15-9-7-14(8-10-15)19(16-5-4-12-27-16)22-18(26)13-28-20-24-23-17-6-2-1-3-11-25(17)20/h4-5,7-10,12,19H,1-3,6,11,13H2,(H,22,26). The number of halogens is 1. The van der Waals surface area contributed by atoms with Gasteiger partial charge in [-0.1, -0.05) is 36.4 Å². The molecule has 1 aliphatic rings. The molecule has 28 heavy (non-hydrogen) atoms. The second kappa shape index (κ2) is 8.87. The summed E-state index contributed by atoms with van der Waals surface area (Å²) in [6.45, 7) is 0.916. The number of hydrogen-bond acceptors (Lipinski definition) is 5. The van der Waals surface area contributed by atoms with Crippen molar-refractivity contribution < 1.29 is 9.18 Å². The lowest BCUT2D eigenvalue weighted by Crippen LogP contribution is -2.30. The Balaban J connectivity index is 1.44. The molecule has 0 aliphatic carbocycles. The summed E-state index contributed by atoms with van der Waals surface area (Å²) in [4.78, 5) is 13.7. The number of benzene rings is 1. The van der Waals surface area contributed by atoms with Crippen molar-refractivity contribution in [3.8, 4) is 0 Å². The number of rotatable bonds is 6. The van der Waals surface area contributed by atoms with E-state index in [-0.39, 0.29) is 23.5 Å². The topological polar surface area (TPSA) is 59.8 Å². The Morgan fingerprint density at radius 2 is 2.07 bits per heavy atom. The van der Waals surface area contributed by atoms with Gasteiger partial charge in [-0.05, 0) is 42.0 Å². The number of amides is 1. The molecule has 8 heteroatoms. The van der Waals surface area contributed by atoms with Gasteiger partial charge in [-0.25, -0.2) is 4.39 Å². The molecule has 5 nitrogen and oxygen atoms in total. The fraction of sp³-hybridized carbons (Fsp3) is 0.350. The summed E-state index contributed by atoms with van der Waals surface area (Å²) in [5, 5.41) is 14.4. The first kappa shape index (κ1) is 19.1. The van der Waals surface area contributed by atoms with E-state index in [1.54, 1.807) is 23.5 Å². The summed E-state index contributed by atoms with van der Waals surface area (Å²) < 4.78 is 15.4. The van der Waals surface area contributed by atoms with E-state index in [2.05, 4.69) is 20.1 Å². The number of thioether (sulfide) groups is 1. The lowest BCUT2D eigenvalue weighted by Gasteiger charge is -2.18. The maximum absolute atomic E-state index is 13.3. The monoisotopic (exact) mass is 416 g/mol. The number of nitrogens with zero attached hydrogens (tertiary/aromatic N) is 3. The predicted octanol–water partition coefficient (Wildman–Crippen LogP) is 4.20. The molecule has 146 valence electrons. The number of carbonyl (C=O) groups excluding carboxylic acids is 1. The minimum atomic E-state index is -0.289. The van der Waals surface area contributed by atoms with Crippen LogP contribution in [0.5, 0.6) is 0 Å². The molecule has 0 spiro atoms. The van der Waals surface area contributed by atoms with Crippen LogP contribution >= 0.6 is 23.1 Å². The molecule has 2 aromatic heterocycles. The Bertz CT molecular complexity index is 924. The normalized spacial score (nSPS) is 14.9. The van der Waals surface area contributed by atoms with Crippen LogP contribution in [0.2, 0.25) is 0 Å². The second-order valence-corrected chi connectivity index (χ2v) is 8.64. The third-order valence-electron chi connectivity index (χ3n) is 4.74. The van der Waals surface area contributed by atoms with Gasteiger partial charge >= 0.3 is 0 Å². The van der Waals surface area contributed by atoms with Gasteiger partial charge in [0, 0.05) is 17.8 Å². The van der Waals surface area contributed by atoms with Crippen molar-refractivity contribution in [2.75, 3.05) is 5.75 Å². The van der Waals surface area contributed by atoms with Crippen LogP contribution in [0.3, 0.4) is 0 Å². The predicted molar refractivity (Wildman–Crippen MR) is 109 cm³/mol. The summed E-state index contributed by atoms with van der Waals surface area (Å²) in [5.74, 6) is 0.909. The second-order valence-electron chi connectivity index (χ2n) is 6.72. The molecule has 0 bridgehead atoms. The van der Waals surface area contributed by atoms with Crippen molar-refractivity contribution in [2.45, 2.75) is 43.4 Å². The quantitative estimate of drug-likeness (QED) is 0.612. The highest BCUT2D eigenvalue weighted by Crippen LogP contribution is 2.27. The molecule has 0 fully saturated rings. The van der Waals surface area contributed by atoms with Gasteiger partial charge in [0.1, 0.15) is 11.6 Å². The number of nitrogens with one attached hydrogen (secondary N) is 1. The molecule has 1 unspecified atom stereocenters. The van der Waals surface area contributed by atoms with Crippen molar-refractivity contribution in [2.24, 2.45) is 0 Å². The average molecular weight is 417 g/mol. The van der Waals surface area contributed by atoms with Gasteiger partial charge in [-0.15, -0.1) is 21.5 Å². The van der Waals surface area contributed by atoms with Crippen LogP contribution in [0, 0.1) is 5.82 Å². The van der Waals surface area contributed by atoms with Crippen LogP contribution in [0.15, 0.2) is 46.9 Å². The van der Waals surface area contributed by atoms with Gasteiger partial charge in [0.15, 0.2) is 5.16 Å². The van der Waals surface area contributed by atoms with Crippen LogP contribution in [0.1, 0.15) is 41.6 Å². The van der Waals surface area contributed by atoms with E-state index in [1.807, 2.05) is 17.5 Å². The third kappa shape index (κ3) is 4.44. The fourth-order valence-electron chi connectivity index (χ4n) is 3.33. The molecule has 3 heterocycles. The van der Waals surface area contributed by atoms with Crippen LogP contribution in [-0.4, -0.2) is 26.4 Å². The molecule has 0 saturated carbocycles. The van der Waals surface area contributed by atoms with Crippen molar-refractivity contribution in [3.63, 3.8) is 0 Å².